The van der Waals surface area contributed by atoms with Crippen molar-refractivity contribution >= 4 is 11.6 Å². The molecule has 2 saturated heterocycles. The maximum absolute atomic E-state index is 5.53. The molecule has 32 heavy (non-hydrogen) atoms. The third-order valence-electron chi connectivity index (χ3n) is 6.20. The molecule has 7 nitrogen and oxygen atoms in total. The number of nitrogens with one attached hydrogen (secondary N) is 1. The van der Waals surface area contributed by atoms with Crippen LogP contribution < -0.4 is 15.0 Å². The molecule has 2 aliphatic heterocycles. The lowest BCUT2D eigenvalue weighted by atomic mass is 10.1. The molecule has 172 valence electrons. The Labute approximate surface area is 191 Å². The minimum absolute atomic E-state index is 0.775. The average Bonchev–Trinajstić information content (AvgIpc) is 2.86. The Bertz CT molecular complexity index is 872. The highest BCUT2D eigenvalue weighted by Gasteiger charge is 2.21. The van der Waals surface area contributed by atoms with Gasteiger partial charge in [-0.15, -0.1) is 0 Å². The van der Waals surface area contributed by atoms with Crippen LogP contribution in [0.1, 0.15) is 11.1 Å². The second kappa shape index (κ2) is 11.2. The van der Waals surface area contributed by atoms with Gasteiger partial charge < -0.3 is 24.6 Å². The second-order valence-corrected chi connectivity index (χ2v) is 8.25. The number of methoxy groups -OCH3 is 1. The van der Waals surface area contributed by atoms with Gasteiger partial charge in [0.05, 0.1) is 26.0 Å². The van der Waals surface area contributed by atoms with Gasteiger partial charge in [-0.25, -0.2) is 0 Å². The number of anilines is 1. The molecule has 2 aliphatic rings. The standard InChI is InChI=1S/C25H35N5O2/c1-26-25(30-13-11-29(12-14-30)23-5-3-4-6-24(23)31-2)27-19-21-7-9-22(10-8-21)20-28-15-17-32-18-16-28/h3-10H,11-20H2,1-2H3,(H,26,27). The van der Waals surface area contributed by atoms with E-state index in [1.165, 1.54) is 11.1 Å². The van der Waals surface area contributed by atoms with E-state index in [0.717, 1.165) is 83.0 Å². The van der Waals surface area contributed by atoms with Gasteiger partial charge in [-0.1, -0.05) is 36.4 Å². The van der Waals surface area contributed by atoms with Crippen molar-refractivity contribution in [2.75, 3.05) is 71.5 Å². The molecule has 0 spiro atoms. The minimum Gasteiger partial charge on any atom is -0.495 e. The Kier molecular flexibility index (Phi) is 7.85. The normalized spacial score (nSPS) is 18.0. The summed E-state index contributed by atoms with van der Waals surface area (Å²) < 4.78 is 11.0. The molecule has 7 heteroatoms. The van der Waals surface area contributed by atoms with E-state index in [-0.39, 0.29) is 0 Å². The van der Waals surface area contributed by atoms with Crippen LogP contribution in [0.3, 0.4) is 0 Å². The highest BCUT2D eigenvalue weighted by molar-refractivity contribution is 5.80. The molecule has 2 aromatic rings. The molecule has 0 amide bonds. The van der Waals surface area contributed by atoms with Crippen LogP contribution in [0.25, 0.3) is 0 Å². The monoisotopic (exact) mass is 437 g/mol. The Morgan fingerprint density at radius 2 is 1.62 bits per heavy atom. The van der Waals surface area contributed by atoms with Crippen LogP contribution in [0.4, 0.5) is 5.69 Å². The first-order chi connectivity index (χ1) is 15.8. The van der Waals surface area contributed by atoms with E-state index < -0.39 is 0 Å². The van der Waals surface area contributed by atoms with Crippen molar-refractivity contribution in [3.05, 3.63) is 59.7 Å². The maximum atomic E-state index is 5.53. The number of ether oxygens (including phenoxy) is 2. The molecule has 0 bridgehead atoms. The van der Waals surface area contributed by atoms with Crippen molar-refractivity contribution in [2.45, 2.75) is 13.1 Å². The zero-order valence-corrected chi connectivity index (χ0v) is 19.3. The highest BCUT2D eigenvalue weighted by Crippen LogP contribution is 2.28. The summed E-state index contributed by atoms with van der Waals surface area (Å²) in [4.78, 5) is 11.7. The summed E-state index contributed by atoms with van der Waals surface area (Å²) in [6, 6.07) is 17.1. The number of hydrogen-bond acceptors (Lipinski definition) is 5. The molecule has 0 atom stereocenters. The van der Waals surface area contributed by atoms with E-state index in [0.29, 0.717) is 0 Å². The zero-order valence-electron chi connectivity index (χ0n) is 19.3. The van der Waals surface area contributed by atoms with Crippen molar-refractivity contribution in [3.63, 3.8) is 0 Å². The van der Waals surface area contributed by atoms with E-state index in [9.17, 15) is 0 Å². The van der Waals surface area contributed by atoms with E-state index in [1.54, 1.807) is 7.11 Å². The van der Waals surface area contributed by atoms with Gasteiger partial charge in [0.1, 0.15) is 5.75 Å². The summed E-state index contributed by atoms with van der Waals surface area (Å²) in [5.74, 6) is 1.89. The zero-order chi connectivity index (χ0) is 22.2. The van der Waals surface area contributed by atoms with Crippen LogP contribution in [0, 0.1) is 0 Å². The lowest BCUT2D eigenvalue weighted by Crippen LogP contribution is -2.52. The first-order valence-electron chi connectivity index (χ1n) is 11.5. The number of guanidine groups is 1. The molecule has 0 aliphatic carbocycles. The van der Waals surface area contributed by atoms with Gasteiger partial charge >= 0.3 is 0 Å². The predicted molar refractivity (Wildman–Crippen MR) is 130 cm³/mol. The minimum atomic E-state index is 0.775. The van der Waals surface area contributed by atoms with Crippen LogP contribution in [-0.2, 0) is 17.8 Å². The molecule has 2 aromatic carbocycles. The Morgan fingerprint density at radius 3 is 2.31 bits per heavy atom. The first kappa shape index (κ1) is 22.4. The predicted octanol–water partition coefficient (Wildman–Crippen LogP) is 2.42. The number of benzene rings is 2. The lowest BCUT2D eigenvalue weighted by Gasteiger charge is -2.38. The Hall–Kier alpha value is -2.77. The van der Waals surface area contributed by atoms with Crippen LogP contribution in [0.5, 0.6) is 5.75 Å². The van der Waals surface area contributed by atoms with Crippen molar-refractivity contribution in [1.82, 2.24) is 15.1 Å². The number of morpholine rings is 1. The fourth-order valence-electron chi connectivity index (χ4n) is 4.34. The molecular weight excluding hydrogens is 402 g/mol. The topological polar surface area (TPSA) is 52.6 Å². The van der Waals surface area contributed by atoms with Crippen molar-refractivity contribution in [1.29, 1.82) is 0 Å². The number of hydrogen-bond donors (Lipinski definition) is 1. The highest BCUT2D eigenvalue weighted by atomic mass is 16.5. The number of aliphatic imine (C=N–C) groups is 1. The maximum Gasteiger partial charge on any atom is 0.194 e. The number of para-hydroxylation sites is 2. The molecule has 0 aromatic heterocycles. The van der Waals surface area contributed by atoms with Crippen LogP contribution >= 0.6 is 0 Å². The second-order valence-electron chi connectivity index (χ2n) is 8.25. The van der Waals surface area contributed by atoms with Crippen molar-refractivity contribution < 1.29 is 9.47 Å². The molecule has 0 radical (unpaired) electrons. The first-order valence-corrected chi connectivity index (χ1v) is 11.5. The number of rotatable bonds is 6. The van der Waals surface area contributed by atoms with Gasteiger partial charge in [-0.05, 0) is 23.3 Å². The van der Waals surface area contributed by atoms with Gasteiger partial charge in [-0.2, -0.15) is 0 Å². The molecule has 4 rings (SSSR count). The van der Waals surface area contributed by atoms with Crippen LogP contribution in [0.2, 0.25) is 0 Å². The summed E-state index contributed by atoms with van der Waals surface area (Å²) in [5, 5.41) is 3.54. The van der Waals surface area contributed by atoms with Gasteiger partial charge in [0.25, 0.3) is 0 Å². The smallest absolute Gasteiger partial charge is 0.194 e. The Morgan fingerprint density at radius 1 is 0.938 bits per heavy atom. The lowest BCUT2D eigenvalue weighted by molar-refractivity contribution is 0.0342. The fraction of sp³-hybridized carbons (Fsp3) is 0.480. The fourth-order valence-corrected chi connectivity index (χ4v) is 4.34. The molecule has 0 unspecified atom stereocenters. The number of nitrogens with zero attached hydrogens (tertiary/aromatic N) is 4. The third-order valence-corrected chi connectivity index (χ3v) is 6.20. The Balaban J connectivity index is 1.26. The summed E-state index contributed by atoms with van der Waals surface area (Å²) in [5.41, 5.74) is 3.78. The van der Waals surface area contributed by atoms with Gasteiger partial charge in [0.15, 0.2) is 5.96 Å². The summed E-state index contributed by atoms with van der Waals surface area (Å²) >= 11 is 0. The van der Waals surface area contributed by atoms with Crippen molar-refractivity contribution in [3.8, 4) is 5.75 Å². The number of piperazine rings is 1. The van der Waals surface area contributed by atoms with Crippen LogP contribution in [-0.4, -0.2) is 82.4 Å². The van der Waals surface area contributed by atoms with E-state index in [4.69, 9.17) is 9.47 Å². The molecule has 2 heterocycles. The van der Waals surface area contributed by atoms with Gasteiger partial charge in [0, 0.05) is 59.4 Å². The molecule has 1 N–H and O–H groups in total. The van der Waals surface area contributed by atoms with Gasteiger partial charge in [-0.3, -0.25) is 9.89 Å². The van der Waals surface area contributed by atoms with E-state index >= 15 is 0 Å². The SMILES string of the molecule is CN=C(NCc1ccc(CN2CCOCC2)cc1)N1CCN(c2ccccc2OC)CC1. The van der Waals surface area contributed by atoms with E-state index in [2.05, 4.69) is 61.4 Å². The molecule has 0 saturated carbocycles. The van der Waals surface area contributed by atoms with E-state index in [1.807, 2.05) is 19.2 Å². The molecular formula is C25H35N5O2. The largest absolute Gasteiger partial charge is 0.495 e. The summed E-state index contributed by atoms with van der Waals surface area (Å²) in [6.45, 7) is 9.23. The molecule has 2 fully saturated rings. The third kappa shape index (κ3) is 5.72. The van der Waals surface area contributed by atoms with Crippen LogP contribution in [0.15, 0.2) is 53.5 Å². The summed E-state index contributed by atoms with van der Waals surface area (Å²) in [7, 11) is 3.59. The average molecular weight is 438 g/mol. The van der Waals surface area contributed by atoms with Crippen molar-refractivity contribution in [2.24, 2.45) is 4.99 Å². The quantitative estimate of drug-likeness (QED) is 0.553. The van der Waals surface area contributed by atoms with Gasteiger partial charge in [0.2, 0.25) is 0 Å². The summed E-state index contributed by atoms with van der Waals surface area (Å²) in [6.07, 6.45) is 0.